The highest BCUT2D eigenvalue weighted by Crippen LogP contribution is 2.27. The normalized spacial score (nSPS) is 24.0. The van der Waals surface area contributed by atoms with Crippen LogP contribution in [0.25, 0.3) is 0 Å². The van der Waals surface area contributed by atoms with Crippen molar-refractivity contribution in [3.63, 3.8) is 0 Å². The molecule has 0 aromatic rings. The number of hydrogen-bond donors (Lipinski definition) is 0. The Morgan fingerprint density at radius 3 is 2.73 bits per heavy atom. The van der Waals surface area contributed by atoms with Crippen LogP contribution in [-0.2, 0) is 0 Å². The largest absolute Gasteiger partial charge is 0.253 e. The molecule has 0 fully saturated rings. The van der Waals surface area contributed by atoms with Crippen LogP contribution in [0.1, 0.15) is 39.5 Å². The van der Waals surface area contributed by atoms with E-state index in [2.05, 4.69) is 63.0 Å². The van der Waals surface area contributed by atoms with Crippen LogP contribution in [0, 0.1) is 11.8 Å². The first-order valence-electron chi connectivity index (χ1n) is 5.69. The highest BCUT2D eigenvalue weighted by Gasteiger charge is 2.17. The summed E-state index contributed by atoms with van der Waals surface area (Å²) in [5, 5.41) is 0. The average molecular weight is 337 g/mol. The lowest BCUT2D eigenvalue weighted by molar-refractivity contribution is 0.459. The molecule has 3 heteroatoms. The Balaban J connectivity index is 2.19. The first-order chi connectivity index (χ1) is 7.13. The molecule has 0 aromatic carbocycles. The molecule has 1 heterocycles. The highest BCUT2D eigenvalue weighted by molar-refractivity contribution is 9.11. The molecule has 86 valence electrons. The van der Waals surface area contributed by atoms with Crippen molar-refractivity contribution in [2.45, 2.75) is 44.4 Å². The first kappa shape index (κ1) is 13.4. The van der Waals surface area contributed by atoms with Crippen molar-refractivity contribution < 1.29 is 0 Å². The lowest BCUT2D eigenvalue weighted by Gasteiger charge is -2.15. The third kappa shape index (κ3) is 4.81. The molecule has 0 radical (unpaired) electrons. The van der Waals surface area contributed by atoms with Crippen molar-refractivity contribution in [1.29, 1.82) is 0 Å². The van der Waals surface area contributed by atoms with Gasteiger partial charge in [-0.05, 0) is 47.2 Å². The van der Waals surface area contributed by atoms with Crippen LogP contribution in [0.2, 0.25) is 0 Å². The van der Waals surface area contributed by atoms with Crippen LogP contribution in [-0.4, -0.2) is 11.0 Å². The van der Waals surface area contributed by atoms with Gasteiger partial charge in [0.05, 0.1) is 0 Å². The van der Waals surface area contributed by atoms with E-state index in [1.54, 1.807) is 0 Å². The van der Waals surface area contributed by atoms with E-state index < -0.39 is 0 Å². The van der Waals surface area contributed by atoms with Crippen LogP contribution in [0.5, 0.6) is 0 Å². The predicted octanol–water partition coefficient (Wildman–Crippen LogP) is 4.90. The van der Waals surface area contributed by atoms with E-state index in [-0.39, 0.29) is 0 Å². The predicted molar refractivity (Wildman–Crippen MR) is 75.0 cm³/mol. The molecule has 15 heavy (non-hydrogen) atoms. The summed E-state index contributed by atoms with van der Waals surface area (Å²) >= 11 is 7.08. The smallest absolute Gasteiger partial charge is 0.102 e. The maximum atomic E-state index is 4.24. The summed E-state index contributed by atoms with van der Waals surface area (Å²) in [5.74, 6) is 1.25. The van der Waals surface area contributed by atoms with Gasteiger partial charge in [-0.3, -0.25) is 4.99 Å². The molecule has 0 saturated heterocycles. The van der Waals surface area contributed by atoms with E-state index in [9.17, 15) is 0 Å². The first-order valence-corrected chi connectivity index (χ1v) is 7.40. The molecular formula is C12H19Br2N. The van der Waals surface area contributed by atoms with E-state index in [1.807, 2.05) is 0 Å². The van der Waals surface area contributed by atoms with E-state index >= 15 is 0 Å². The summed E-state index contributed by atoms with van der Waals surface area (Å²) in [4.78, 5) is 4.94. The van der Waals surface area contributed by atoms with Crippen molar-refractivity contribution in [3.05, 3.63) is 10.7 Å². The van der Waals surface area contributed by atoms with Crippen LogP contribution in [0.15, 0.2) is 15.7 Å². The number of alkyl halides is 1. The number of hydrogen-bond acceptors (Lipinski definition) is 1. The Hall–Kier alpha value is 0.370. The second kappa shape index (κ2) is 6.85. The van der Waals surface area contributed by atoms with Gasteiger partial charge in [-0.2, -0.15) is 0 Å². The standard InChI is InChI=1S/C12H19Br2N/c1-3-11(13)6-4-5-9(2)10-7-12(14)15-8-10/h7-11H,3-6H2,1-2H3. The minimum atomic E-state index is 0.537. The molecule has 0 saturated carbocycles. The molecule has 0 spiro atoms. The maximum Gasteiger partial charge on any atom is 0.102 e. The second-order valence-electron chi connectivity index (χ2n) is 4.26. The van der Waals surface area contributed by atoms with Gasteiger partial charge < -0.3 is 0 Å². The minimum Gasteiger partial charge on any atom is -0.253 e. The van der Waals surface area contributed by atoms with Gasteiger partial charge in [0.1, 0.15) is 4.61 Å². The number of allylic oxidation sites excluding steroid dienone is 1. The van der Waals surface area contributed by atoms with Gasteiger partial charge >= 0.3 is 0 Å². The Labute approximate surface area is 110 Å². The lowest BCUT2D eigenvalue weighted by atomic mass is 9.90. The van der Waals surface area contributed by atoms with E-state index in [0.717, 1.165) is 4.61 Å². The molecule has 3 unspecified atom stereocenters. The van der Waals surface area contributed by atoms with Crippen LogP contribution >= 0.6 is 31.9 Å². The third-order valence-electron chi connectivity index (χ3n) is 2.98. The Morgan fingerprint density at radius 1 is 1.47 bits per heavy atom. The van der Waals surface area contributed by atoms with Gasteiger partial charge in [0, 0.05) is 17.0 Å². The second-order valence-corrected chi connectivity index (χ2v) is 6.37. The van der Waals surface area contributed by atoms with Gasteiger partial charge in [0.25, 0.3) is 0 Å². The van der Waals surface area contributed by atoms with Gasteiger partial charge in [0.15, 0.2) is 0 Å². The van der Waals surface area contributed by atoms with Crippen molar-refractivity contribution >= 4 is 38.1 Å². The lowest BCUT2D eigenvalue weighted by Crippen LogP contribution is -2.09. The fraction of sp³-hybridized carbons (Fsp3) is 0.750. The highest BCUT2D eigenvalue weighted by atomic mass is 79.9. The monoisotopic (exact) mass is 335 g/mol. The summed E-state index contributed by atoms with van der Waals surface area (Å²) in [6.45, 7) is 4.54. The number of rotatable bonds is 6. The van der Waals surface area contributed by atoms with Gasteiger partial charge in [-0.15, -0.1) is 0 Å². The molecule has 1 rings (SSSR count). The molecular weight excluding hydrogens is 318 g/mol. The number of aliphatic imine (C=N–C) groups is 1. The van der Waals surface area contributed by atoms with Crippen LogP contribution in [0.3, 0.4) is 0 Å². The number of nitrogens with zero attached hydrogens (tertiary/aromatic N) is 1. The summed E-state index contributed by atoms with van der Waals surface area (Å²) in [6, 6.07) is 0. The van der Waals surface area contributed by atoms with Gasteiger partial charge in [-0.25, -0.2) is 0 Å². The topological polar surface area (TPSA) is 12.4 Å². The van der Waals surface area contributed by atoms with Gasteiger partial charge in [0.2, 0.25) is 0 Å². The molecule has 1 aliphatic rings. The van der Waals surface area contributed by atoms with Gasteiger partial charge in [-0.1, -0.05) is 36.2 Å². The molecule has 1 aliphatic heterocycles. The van der Waals surface area contributed by atoms with Crippen molar-refractivity contribution in [1.82, 2.24) is 0 Å². The maximum absolute atomic E-state index is 4.24. The summed E-state index contributed by atoms with van der Waals surface area (Å²) in [5.41, 5.74) is 0. The fourth-order valence-corrected chi connectivity index (χ4v) is 2.52. The number of halogens is 2. The van der Waals surface area contributed by atoms with E-state index in [1.165, 1.54) is 25.7 Å². The van der Waals surface area contributed by atoms with E-state index in [0.29, 0.717) is 16.7 Å². The molecule has 3 atom stereocenters. The average Bonchev–Trinajstić information content (AvgIpc) is 2.64. The zero-order chi connectivity index (χ0) is 11.3. The SMILES string of the molecule is CCC(Br)CCCC(C)C1C=NC(Br)=C1. The third-order valence-corrected chi connectivity index (χ3v) is 4.55. The zero-order valence-electron chi connectivity index (χ0n) is 9.42. The summed E-state index contributed by atoms with van der Waals surface area (Å²) in [7, 11) is 0. The Morgan fingerprint density at radius 2 is 2.20 bits per heavy atom. The Kier molecular flexibility index (Phi) is 6.13. The quantitative estimate of drug-likeness (QED) is 0.483. The molecule has 1 nitrogen and oxygen atoms in total. The molecule has 0 amide bonds. The zero-order valence-corrected chi connectivity index (χ0v) is 12.6. The van der Waals surface area contributed by atoms with E-state index in [4.69, 9.17) is 0 Å². The van der Waals surface area contributed by atoms with Crippen molar-refractivity contribution in [2.24, 2.45) is 16.8 Å². The summed E-state index contributed by atoms with van der Waals surface area (Å²) < 4.78 is 0.992. The minimum absolute atomic E-state index is 0.537. The molecule has 0 aliphatic carbocycles. The molecule has 0 bridgehead atoms. The Bertz CT molecular complexity index is 248. The van der Waals surface area contributed by atoms with Crippen LogP contribution in [0.4, 0.5) is 0 Å². The summed E-state index contributed by atoms with van der Waals surface area (Å²) in [6.07, 6.45) is 9.37. The molecule has 0 N–H and O–H groups in total. The fourth-order valence-electron chi connectivity index (χ4n) is 1.77. The molecule has 0 aromatic heterocycles. The van der Waals surface area contributed by atoms with Crippen molar-refractivity contribution in [2.75, 3.05) is 0 Å². The van der Waals surface area contributed by atoms with Crippen LogP contribution < -0.4 is 0 Å². The van der Waals surface area contributed by atoms with Crippen molar-refractivity contribution in [3.8, 4) is 0 Å².